The third-order valence-corrected chi connectivity index (χ3v) is 3.85. The second kappa shape index (κ2) is 5.10. The predicted octanol–water partition coefficient (Wildman–Crippen LogP) is 1.92. The fourth-order valence-corrected chi connectivity index (χ4v) is 2.49. The highest BCUT2D eigenvalue weighted by Gasteiger charge is 2.26. The summed E-state index contributed by atoms with van der Waals surface area (Å²) >= 11 is 1.63. The number of hydrogen-bond donors (Lipinski definition) is 1. The maximum Gasteiger partial charge on any atom is 0.254 e. The first kappa shape index (κ1) is 12.5. The fourth-order valence-electron chi connectivity index (χ4n) is 2.06. The van der Waals surface area contributed by atoms with E-state index >= 15 is 0 Å². The molecule has 0 saturated carbocycles. The lowest BCUT2D eigenvalue weighted by molar-refractivity contribution is 0.0764. The molecule has 0 radical (unpaired) electrons. The summed E-state index contributed by atoms with van der Waals surface area (Å²) in [5.74, 6) is 0.0370. The first-order valence-corrected chi connectivity index (χ1v) is 6.96. The number of β-amino-alcohol motifs (C(OH)–C–C–N with tert-alkyl or cyclic N) is 1. The smallest absolute Gasteiger partial charge is 0.254 e. The van der Waals surface area contributed by atoms with Gasteiger partial charge in [-0.15, -0.1) is 11.8 Å². The molecule has 1 aromatic carbocycles. The standard InChI is InChI=1S/C13H17NO2S/c1-9-3-4-11(17-2)7-12(9)13(16)14-6-5-10(15)8-14/h3-4,7,10,15H,5-6,8H2,1-2H3. The highest BCUT2D eigenvalue weighted by atomic mass is 32.2. The predicted molar refractivity (Wildman–Crippen MR) is 69.5 cm³/mol. The Morgan fingerprint density at radius 1 is 1.53 bits per heavy atom. The maximum atomic E-state index is 12.3. The van der Waals surface area contributed by atoms with E-state index < -0.39 is 0 Å². The van der Waals surface area contributed by atoms with Crippen molar-refractivity contribution in [3.8, 4) is 0 Å². The molecule has 1 saturated heterocycles. The van der Waals surface area contributed by atoms with Crippen LogP contribution in [0.15, 0.2) is 23.1 Å². The summed E-state index contributed by atoms with van der Waals surface area (Å²) in [7, 11) is 0. The van der Waals surface area contributed by atoms with Crippen molar-refractivity contribution in [3.05, 3.63) is 29.3 Å². The molecule has 0 aliphatic carbocycles. The lowest BCUT2D eigenvalue weighted by Gasteiger charge is -2.17. The number of thioether (sulfide) groups is 1. The van der Waals surface area contributed by atoms with Crippen molar-refractivity contribution in [2.45, 2.75) is 24.3 Å². The van der Waals surface area contributed by atoms with E-state index in [0.29, 0.717) is 19.5 Å². The average Bonchev–Trinajstić information content (AvgIpc) is 2.76. The van der Waals surface area contributed by atoms with Crippen molar-refractivity contribution in [3.63, 3.8) is 0 Å². The van der Waals surface area contributed by atoms with Crippen molar-refractivity contribution in [1.82, 2.24) is 4.90 Å². The molecule has 1 aromatic rings. The van der Waals surface area contributed by atoms with Gasteiger partial charge >= 0.3 is 0 Å². The number of aliphatic hydroxyl groups is 1. The lowest BCUT2D eigenvalue weighted by Crippen LogP contribution is -2.30. The van der Waals surface area contributed by atoms with E-state index in [1.807, 2.05) is 31.4 Å². The van der Waals surface area contributed by atoms with Crippen molar-refractivity contribution >= 4 is 17.7 Å². The lowest BCUT2D eigenvalue weighted by atomic mass is 10.1. The van der Waals surface area contributed by atoms with Crippen LogP contribution in [0, 0.1) is 6.92 Å². The van der Waals surface area contributed by atoms with Crippen molar-refractivity contribution in [2.24, 2.45) is 0 Å². The van der Waals surface area contributed by atoms with Gasteiger partial charge in [-0.25, -0.2) is 0 Å². The number of carbonyl (C=O) groups excluding carboxylic acids is 1. The average molecular weight is 251 g/mol. The van der Waals surface area contributed by atoms with E-state index in [1.54, 1.807) is 16.7 Å². The molecule has 2 rings (SSSR count). The van der Waals surface area contributed by atoms with Gasteiger partial charge < -0.3 is 10.0 Å². The summed E-state index contributed by atoms with van der Waals surface area (Å²) in [5, 5.41) is 9.47. The number of aliphatic hydroxyl groups excluding tert-OH is 1. The molecule has 1 amide bonds. The molecule has 92 valence electrons. The molecule has 1 fully saturated rings. The molecule has 4 heteroatoms. The van der Waals surface area contributed by atoms with Gasteiger partial charge in [-0.2, -0.15) is 0 Å². The minimum absolute atomic E-state index is 0.0370. The minimum atomic E-state index is -0.358. The van der Waals surface area contributed by atoms with Crippen LogP contribution in [0.25, 0.3) is 0 Å². The number of nitrogens with zero attached hydrogens (tertiary/aromatic N) is 1. The van der Waals surface area contributed by atoms with Crippen molar-refractivity contribution in [1.29, 1.82) is 0 Å². The van der Waals surface area contributed by atoms with Crippen LogP contribution in [-0.4, -0.2) is 41.4 Å². The zero-order valence-electron chi connectivity index (χ0n) is 10.1. The molecule has 1 heterocycles. The van der Waals surface area contributed by atoms with Gasteiger partial charge in [0.25, 0.3) is 5.91 Å². The van der Waals surface area contributed by atoms with Crippen LogP contribution in [0.3, 0.4) is 0 Å². The quantitative estimate of drug-likeness (QED) is 0.816. The largest absolute Gasteiger partial charge is 0.391 e. The van der Waals surface area contributed by atoms with Crippen molar-refractivity contribution < 1.29 is 9.90 Å². The molecule has 17 heavy (non-hydrogen) atoms. The van der Waals surface area contributed by atoms with E-state index in [9.17, 15) is 9.90 Å². The first-order valence-electron chi connectivity index (χ1n) is 5.74. The molecule has 1 atom stereocenters. The molecule has 1 N–H and O–H groups in total. The second-order valence-corrected chi connectivity index (χ2v) is 5.25. The Morgan fingerprint density at radius 3 is 2.88 bits per heavy atom. The molecule has 1 unspecified atom stereocenters. The highest BCUT2D eigenvalue weighted by molar-refractivity contribution is 7.98. The molecule has 0 bridgehead atoms. The summed E-state index contributed by atoms with van der Waals surface area (Å²) in [6.45, 7) is 3.06. The second-order valence-electron chi connectivity index (χ2n) is 4.37. The van der Waals surface area contributed by atoms with Gasteiger partial charge in [0.2, 0.25) is 0 Å². The van der Waals surface area contributed by atoms with E-state index in [1.165, 1.54) is 0 Å². The van der Waals surface area contributed by atoms with Crippen LogP contribution in [0.4, 0.5) is 0 Å². The van der Waals surface area contributed by atoms with E-state index in [-0.39, 0.29) is 12.0 Å². The number of amides is 1. The molecule has 3 nitrogen and oxygen atoms in total. The van der Waals surface area contributed by atoms with Crippen LogP contribution >= 0.6 is 11.8 Å². The Hall–Kier alpha value is -1.00. The number of hydrogen-bond acceptors (Lipinski definition) is 3. The SMILES string of the molecule is CSc1ccc(C)c(C(=O)N2CCC(O)C2)c1. The Kier molecular flexibility index (Phi) is 3.74. The molecule has 1 aliphatic rings. The van der Waals surface area contributed by atoms with Crippen LogP contribution in [0.5, 0.6) is 0 Å². The van der Waals surface area contributed by atoms with E-state index in [2.05, 4.69) is 0 Å². The highest BCUT2D eigenvalue weighted by Crippen LogP contribution is 2.22. The zero-order valence-corrected chi connectivity index (χ0v) is 11.0. The van der Waals surface area contributed by atoms with Gasteiger partial charge in [-0.3, -0.25) is 4.79 Å². The zero-order chi connectivity index (χ0) is 12.4. The first-order chi connectivity index (χ1) is 8.11. The van der Waals surface area contributed by atoms with Crippen molar-refractivity contribution in [2.75, 3.05) is 19.3 Å². The molecule has 0 aromatic heterocycles. The topological polar surface area (TPSA) is 40.5 Å². The van der Waals surface area contributed by atoms with Gasteiger partial charge in [0.05, 0.1) is 6.10 Å². The number of carbonyl (C=O) groups is 1. The Morgan fingerprint density at radius 2 is 2.29 bits per heavy atom. The maximum absolute atomic E-state index is 12.3. The minimum Gasteiger partial charge on any atom is -0.391 e. The number of likely N-dealkylation sites (tertiary alicyclic amines) is 1. The molecule has 1 aliphatic heterocycles. The Labute approximate surface area is 106 Å². The third kappa shape index (κ3) is 2.64. The fraction of sp³-hybridized carbons (Fsp3) is 0.462. The van der Waals surface area contributed by atoms with Gasteiger partial charge in [0.15, 0.2) is 0 Å². The summed E-state index contributed by atoms with van der Waals surface area (Å²) < 4.78 is 0. The summed E-state index contributed by atoms with van der Waals surface area (Å²) in [6, 6.07) is 5.94. The third-order valence-electron chi connectivity index (χ3n) is 3.13. The normalized spacial score (nSPS) is 19.7. The number of benzene rings is 1. The number of aryl methyl sites for hydroxylation is 1. The van der Waals surface area contributed by atoms with Crippen LogP contribution < -0.4 is 0 Å². The van der Waals surface area contributed by atoms with Gasteiger partial charge in [0, 0.05) is 23.5 Å². The molecular formula is C13H17NO2S. The van der Waals surface area contributed by atoms with Gasteiger partial charge in [0.1, 0.15) is 0 Å². The van der Waals surface area contributed by atoms with Crippen LogP contribution in [0.1, 0.15) is 22.3 Å². The summed E-state index contributed by atoms with van der Waals surface area (Å²) in [5.41, 5.74) is 1.75. The van der Waals surface area contributed by atoms with E-state index in [4.69, 9.17) is 0 Å². The Balaban J connectivity index is 2.24. The summed E-state index contributed by atoms with van der Waals surface area (Å²) in [4.78, 5) is 15.1. The number of rotatable bonds is 2. The van der Waals surface area contributed by atoms with Crippen LogP contribution in [-0.2, 0) is 0 Å². The Bertz CT molecular complexity index is 433. The van der Waals surface area contributed by atoms with Gasteiger partial charge in [-0.1, -0.05) is 6.07 Å². The van der Waals surface area contributed by atoms with Gasteiger partial charge in [-0.05, 0) is 37.3 Å². The molecule has 0 spiro atoms. The molecular weight excluding hydrogens is 234 g/mol. The summed E-state index contributed by atoms with van der Waals surface area (Å²) in [6.07, 6.45) is 2.33. The van der Waals surface area contributed by atoms with E-state index in [0.717, 1.165) is 16.0 Å². The monoisotopic (exact) mass is 251 g/mol. The van der Waals surface area contributed by atoms with Crippen LogP contribution in [0.2, 0.25) is 0 Å².